The van der Waals surface area contributed by atoms with Crippen LogP contribution in [-0.4, -0.2) is 41.0 Å². The number of carbonyl (C=O) groups is 2. The number of aliphatic hydroxyl groups is 1. The molecule has 1 saturated carbocycles. The summed E-state index contributed by atoms with van der Waals surface area (Å²) in [5.41, 5.74) is 3.59. The van der Waals surface area contributed by atoms with Crippen LogP contribution in [0.3, 0.4) is 0 Å². The average Bonchev–Trinajstić information content (AvgIpc) is 3.37. The fourth-order valence-electron chi connectivity index (χ4n) is 6.63. The summed E-state index contributed by atoms with van der Waals surface area (Å²) in [5.74, 6) is 0.398. The van der Waals surface area contributed by atoms with E-state index in [-0.39, 0.29) is 42.5 Å². The third-order valence-electron chi connectivity index (χ3n) is 8.40. The number of nitrogens with one attached hydrogen (secondary N) is 2. The van der Waals surface area contributed by atoms with Gasteiger partial charge in [0.2, 0.25) is 11.8 Å². The number of carbonyl (C=O) groups excluding carboxylic acids is 2. The van der Waals surface area contributed by atoms with E-state index in [1.807, 2.05) is 6.07 Å². The van der Waals surface area contributed by atoms with Gasteiger partial charge in [0.05, 0.1) is 18.0 Å². The molecule has 2 heterocycles. The summed E-state index contributed by atoms with van der Waals surface area (Å²) < 4.78 is 0. The quantitative estimate of drug-likeness (QED) is 0.457. The first-order valence-electron chi connectivity index (χ1n) is 13.8. The van der Waals surface area contributed by atoms with Crippen molar-refractivity contribution in [3.05, 3.63) is 65.7 Å². The van der Waals surface area contributed by atoms with E-state index >= 15 is 0 Å². The minimum absolute atomic E-state index is 0.0355. The van der Waals surface area contributed by atoms with Crippen molar-refractivity contribution in [1.82, 2.24) is 10.2 Å². The van der Waals surface area contributed by atoms with E-state index in [1.165, 1.54) is 11.1 Å². The van der Waals surface area contributed by atoms with Gasteiger partial charge in [-0.2, -0.15) is 0 Å². The first-order chi connectivity index (χ1) is 17.7. The second-order valence-corrected chi connectivity index (χ2v) is 10.6. The van der Waals surface area contributed by atoms with Crippen molar-refractivity contribution in [3.8, 4) is 0 Å². The second-order valence-electron chi connectivity index (χ2n) is 10.6. The number of fused-ring (bicyclic) bond motifs is 3. The maximum Gasteiger partial charge on any atom is 0.228 e. The number of rotatable bonds is 8. The van der Waals surface area contributed by atoms with Crippen molar-refractivity contribution in [2.75, 3.05) is 18.5 Å². The van der Waals surface area contributed by atoms with E-state index in [1.54, 1.807) is 0 Å². The number of aliphatic hydroxyl groups excluding tert-OH is 1. The number of unbranched alkanes of at least 4 members (excludes halogenated alkanes) is 2. The zero-order chi connectivity index (χ0) is 24.9. The minimum Gasteiger partial charge on any atom is -0.396 e. The third-order valence-corrected chi connectivity index (χ3v) is 8.40. The molecule has 5 atom stereocenters. The smallest absolute Gasteiger partial charge is 0.228 e. The number of anilines is 1. The lowest BCUT2D eigenvalue weighted by Crippen LogP contribution is -2.50. The number of hydrogen-bond donors (Lipinski definition) is 3. The third kappa shape index (κ3) is 5.15. The maximum absolute atomic E-state index is 14.1. The molecular weight excluding hydrogens is 450 g/mol. The highest BCUT2D eigenvalue weighted by molar-refractivity contribution is 5.83. The van der Waals surface area contributed by atoms with E-state index in [0.717, 1.165) is 63.6 Å². The highest BCUT2D eigenvalue weighted by atomic mass is 16.3. The zero-order valence-corrected chi connectivity index (χ0v) is 21.1. The summed E-state index contributed by atoms with van der Waals surface area (Å²) in [5, 5.41) is 16.0. The van der Waals surface area contributed by atoms with Gasteiger partial charge in [0, 0.05) is 37.2 Å². The average molecular weight is 490 g/mol. The van der Waals surface area contributed by atoms with Crippen LogP contribution in [0.1, 0.15) is 81.0 Å². The van der Waals surface area contributed by atoms with Gasteiger partial charge in [-0.05, 0) is 49.3 Å². The molecule has 6 heteroatoms. The van der Waals surface area contributed by atoms with Crippen LogP contribution in [0.5, 0.6) is 0 Å². The predicted octanol–water partition coefficient (Wildman–Crippen LogP) is 4.97. The SMILES string of the molecule is O=C(CCCCCO)N[C@@H]1CCCC[C@@H]1C(=O)N1CC[C@H]2[C@H](c3ccccc3)Nc3ccccc3[C@@H]21. The molecule has 0 aromatic heterocycles. The van der Waals surface area contributed by atoms with Crippen LogP contribution >= 0.6 is 0 Å². The van der Waals surface area contributed by atoms with Crippen molar-refractivity contribution in [2.24, 2.45) is 11.8 Å². The topological polar surface area (TPSA) is 81.7 Å². The first kappa shape index (κ1) is 24.8. The Morgan fingerprint density at radius 2 is 1.72 bits per heavy atom. The molecule has 0 radical (unpaired) electrons. The Labute approximate surface area is 214 Å². The summed E-state index contributed by atoms with van der Waals surface area (Å²) in [6, 6.07) is 19.1. The van der Waals surface area contributed by atoms with Crippen LogP contribution in [0, 0.1) is 11.8 Å². The molecule has 6 nitrogen and oxygen atoms in total. The molecule has 0 bridgehead atoms. The standard InChI is InChI=1S/C30H39N3O3/c34-20-10-2-5-17-27(35)31-26-16-9-7-14-23(26)30(36)33-19-18-24-28(21-11-3-1-4-12-21)32-25-15-8-6-13-22(25)29(24)33/h1,3-4,6,8,11-13,15,23-24,26,28-29,32,34H,2,5,7,9-10,14,16-20H2,(H,31,35)/t23-,24-,26+,28-,29-/m0/s1. The molecule has 2 aromatic carbocycles. The Hall–Kier alpha value is -2.86. The Balaban J connectivity index is 1.35. The highest BCUT2D eigenvalue weighted by Gasteiger charge is 2.48. The van der Waals surface area contributed by atoms with Crippen LogP contribution in [0.2, 0.25) is 0 Å². The normalized spacial score (nSPS) is 27.0. The molecule has 1 saturated heterocycles. The van der Waals surface area contributed by atoms with Crippen molar-refractivity contribution < 1.29 is 14.7 Å². The summed E-state index contributed by atoms with van der Waals surface area (Å²) in [7, 11) is 0. The van der Waals surface area contributed by atoms with E-state index in [4.69, 9.17) is 5.11 Å². The summed E-state index contributed by atoms with van der Waals surface area (Å²) >= 11 is 0. The fourth-order valence-corrected chi connectivity index (χ4v) is 6.63. The van der Waals surface area contributed by atoms with Crippen LogP contribution in [0.15, 0.2) is 54.6 Å². The highest BCUT2D eigenvalue weighted by Crippen LogP contribution is 2.51. The van der Waals surface area contributed by atoms with Gasteiger partial charge in [-0.1, -0.05) is 67.8 Å². The largest absolute Gasteiger partial charge is 0.396 e. The van der Waals surface area contributed by atoms with Crippen LogP contribution < -0.4 is 10.6 Å². The van der Waals surface area contributed by atoms with Gasteiger partial charge >= 0.3 is 0 Å². The Morgan fingerprint density at radius 3 is 2.56 bits per heavy atom. The Bertz CT molecular complexity index is 1040. The Kier molecular flexibility index (Phi) is 7.90. The van der Waals surface area contributed by atoms with Gasteiger partial charge in [0.25, 0.3) is 0 Å². The lowest BCUT2D eigenvalue weighted by molar-refractivity contribution is -0.139. The molecular formula is C30H39N3O3. The van der Waals surface area contributed by atoms with Crippen LogP contribution in [0.4, 0.5) is 5.69 Å². The van der Waals surface area contributed by atoms with E-state index in [9.17, 15) is 9.59 Å². The molecule has 0 unspecified atom stereocenters. The summed E-state index contributed by atoms with van der Waals surface area (Å²) in [4.78, 5) is 28.9. The molecule has 1 aliphatic carbocycles. The van der Waals surface area contributed by atoms with E-state index in [0.29, 0.717) is 12.3 Å². The van der Waals surface area contributed by atoms with Crippen LogP contribution in [-0.2, 0) is 9.59 Å². The number of amides is 2. The molecule has 3 aliphatic rings. The lowest BCUT2D eigenvalue weighted by Gasteiger charge is -2.42. The van der Waals surface area contributed by atoms with Gasteiger partial charge in [0.1, 0.15) is 0 Å². The Morgan fingerprint density at radius 1 is 0.944 bits per heavy atom. The number of likely N-dealkylation sites (tertiary alicyclic amines) is 1. The van der Waals surface area contributed by atoms with Crippen molar-refractivity contribution in [2.45, 2.75) is 75.9 Å². The van der Waals surface area contributed by atoms with Crippen molar-refractivity contribution >= 4 is 17.5 Å². The predicted molar refractivity (Wildman–Crippen MR) is 141 cm³/mol. The molecule has 2 amide bonds. The maximum atomic E-state index is 14.1. The van der Waals surface area contributed by atoms with Gasteiger partial charge in [-0.25, -0.2) is 0 Å². The van der Waals surface area contributed by atoms with Gasteiger partial charge < -0.3 is 20.6 Å². The van der Waals surface area contributed by atoms with Crippen molar-refractivity contribution in [1.29, 1.82) is 0 Å². The van der Waals surface area contributed by atoms with Crippen molar-refractivity contribution in [3.63, 3.8) is 0 Å². The number of benzene rings is 2. The molecule has 36 heavy (non-hydrogen) atoms. The molecule has 192 valence electrons. The molecule has 2 aliphatic heterocycles. The number of nitrogens with zero attached hydrogens (tertiary/aromatic N) is 1. The molecule has 3 N–H and O–H groups in total. The number of para-hydroxylation sites is 1. The van der Waals surface area contributed by atoms with Crippen LogP contribution in [0.25, 0.3) is 0 Å². The zero-order valence-electron chi connectivity index (χ0n) is 21.1. The molecule has 2 aromatic rings. The van der Waals surface area contributed by atoms with E-state index in [2.05, 4.69) is 64.1 Å². The molecule has 0 spiro atoms. The monoisotopic (exact) mass is 489 g/mol. The second kappa shape index (κ2) is 11.5. The number of hydrogen-bond acceptors (Lipinski definition) is 4. The van der Waals surface area contributed by atoms with Gasteiger partial charge in [0.15, 0.2) is 0 Å². The minimum atomic E-state index is -0.156. The summed E-state index contributed by atoms with van der Waals surface area (Å²) in [6.07, 6.45) is 7.57. The molecule has 5 rings (SSSR count). The summed E-state index contributed by atoms with van der Waals surface area (Å²) in [6.45, 7) is 0.925. The first-order valence-corrected chi connectivity index (χ1v) is 13.8. The lowest BCUT2D eigenvalue weighted by atomic mass is 9.79. The van der Waals surface area contributed by atoms with E-state index < -0.39 is 0 Å². The fraction of sp³-hybridized carbons (Fsp3) is 0.533. The van der Waals surface area contributed by atoms with Gasteiger partial charge in [-0.15, -0.1) is 0 Å². The van der Waals surface area contributed by atoms with Gasteiger partial charge in [-0.3, -0.25) is 9.59 Å². The molecule has 2 fully saturated rings.